The van der Waals surface area contributed by atoms with Gasteiger partial charge in [0.1, 0.15) is 22.8 Å². The molecule has 2 aromatic carbocycles. The van der Waals surface area contributed by atoms with Gasteiger partial charge < -0.3 is 19.4 Å². The number of methoxy groups -OCH3 is 3. The number of hydrogen-bond donors (Lipinski definition) is 0. The first-order valence-corrected chi connectivity index (χ1v) is 6.89. The molecule has 0 atom stereocenters. The fourth-order valence-electron chi connectivity index (χ4n) is 2.53. The summed E-state index contributed by atoms with van der Waals surface area (Å²) < 4.78 is 16.1. The van der Waals surface area contributed by atoms with Gasteiger partial charge in [-0.25, -0.2) is 0 Å². The third kappa shape index (κ3) is 2.38. The van der Waals surface area contributed by atoms with Crippen molar-refractivity contribution in [3.05, 3.63) is 52.7 Å². The second-order valence-electron chi connectivity index (χ2n) is 4.96. The standard InChI is InChI=1S/C17H15NO5/c1-21-11-4-5-15-14(9-11)17(19)16(18(15)20)10-6-12(22-2)8-13(7-10)23-3/h4-9H,1-3H3. The van der Waals surface area contributed by atoms with Crippen LogP contribution >= 0.6 is 0 Å². The molecule has 0 aromatic heterocycles. The first kappa shape index (κ1) is 14.9. The molecule has 0 spiro atoms. The van der Waals surface area contributed by atoms with E-state index in [1.165, 1.54) is 21.3 Å². The van der Waals surface area contributed by atoms with Gasteiger partial charge in [-0.15, -0.1) is 0 Å². The van der Waals surface area contributed by atoms with Gasteiger partial charge in [-0.2, -0.15) is 4.74 Å². The van der Waals surface area contributed by atoms with Crippen LogP contribution in [0.15, 0.2) is 36.4 Å². The van der Waals surface area contributed by atoms with Crippen LogP contribution in [0.4, 0.5) is 5.69 Å². The highest BCUT2D eigenvalue weighted by Gasteiger charge is 2.37. The second kappa shape index (κ2) is 5.64. The van der Waals surface area contributed by atoms with Crippen molar-refractivity contribution in [1.82, 2.24) is 0 Å². The number of Topliss-reactive ketones (excluding diaryl/α,β-unsaturated/α-hetero) is 1. The van der Waals surface area contributed by atoms with Gasteiger partial charge in [-0.3, -0.25) is 4.79 Å². The summed E-state index contributed by atoms with van der Waals surface area (Å²) in [4.78, 5) is 12.7. The molecule has 118 valence electrons. The fraction of sp³-hybridized carbons (Fsp3) is 0.176. The number of ketones is 1. The van der Waals surface area contributed by atoms with E-state index in [0.29, 0.717) is 38.8 Å². The molecule has 1 heterocycles. The number of nitrogens with zero attached hydrogens (tertiary/aromatic N) is 1. The van der Waals surface area contributed by atoms with Crippen LogP contribution in [-0.2, 0) is 0 Å². The zero-order chi connectivity index (χ0) is 16.6. The SMILES string of the molecule is COc1cc(OC)cc(C2=[N+]([O-])c3ccc(OC)cc3C2=O)c1. The van der Waals surface area contributed by atoms with Crippen LogP contribution in [-0.4, -0.2) is 37.6 Å². The smallest absolute Gasteiger partial charge is 0.273 e. The lowest BCUT2D eigenvalue weighted by atomic mass is 10.0. The molecule has 0 fully saturated rings. The summed E-state index contributed by atoms with van der Waals surface area (Å²) in [7, 11) is 4.52. The summed E-state index contributed by atoms with van der Waals surface area (Å²) >= 11 is 0. The van der Waals surface area contributed by atoms with E-state index in [1.54, 1.807) is 36.4 Å². The molecular formula is C17H15NO5. The van der Waals surface area contributed by atoms with Crippen molar-refractivity contribution >= 4 is 17.2 Å². The highest BCUT2D eigenvalue weighted by molar-refractivity contribution is 6.52. The lowest BCUT2D eigenvalue weighted by Gasteiger charge is -2.07. The predicted molar refractivity (Wildman–Crippen MR) is 84.3 cm³/mol. The van der Waals surface area contributed by atoms with Crippen molar-refractivity contribution in [2.24, 2.45) is 0 Å². The minimum atomic E-state index is -0.357. The Hall–Kier alpha value is -3.02. The van der Waals surface area contributed by atoms with Gasteiger partial charge in [0.25, 0.3) is 11.5 Å². The average molecular weight is 313 g/mol. The Morgan fingerprint density at radius 2 is 1.48 bits per heavy atom. The first-order chi connectivity index (χ1) is 11.1. The molecule has 0 saturated carbocycles. The molecule has 2 aromatic rings. The predicted octanol–water partition coefficient (Wildman–Crippen LogP) is 2.54. The maximum Gasteiger partial charge on any atom is 0.273 e. The van der Waals surface area contributed by atoms with Crippen LogP contribution in [0.25, 0.3) is 0 Å². The van der Waals surface area contributed by atoms with Crippen molar-refractivity contribution in [1.29, 1.82) is 0 Å². The maximum atomic E-state index is 12.7. The molecule has 0 bridgehead atoms. The van der Waals surface area contributed by atoms with Crippen LogP contribution in [0.2, 0.25) is 0 Å². The topological polar surface area (TPSA) is 70.8 Å². The van der Waals surface area contributed by atoms with Crippen LogP contribution in [0, 0.1) is 5.21 Å². The number of benzene rings is 2. The largest absolute Gasteiger partial charge is 0.618 e. The highest BCUT2D eigenvalue weighted by Crippen LogP contribution is 2.33. The third-order valence-electron chi connectivity index (χ3n) is 3.71. The second-order valence-corrected chi connectivity index (χ2v) is 4.96. The molecule has 0 N–H and O–H groups in total. The molecule has 3 rings (SSSR count). The molecule has 1 aliphatic heterocycles. The van der Waals surface area contributed by atoms with Crippen molar-refractivity contribution in [2.75, 3.05) is 21.3 Å². The van der Waals surface area contributed by atoms with Gasteiger partial charge in [-0.05, 0) is 24.3 Å². The maximum absolute atomic E-state index is 12.7. The zero-order valence-corrected chi connectivity index (χ0v) is 13.0. The van der Waals surface area contributed by atoms with Gasteiger partial charge in [0.2, 0.25) is 5.69 Å². The molecule has 1 aliphatic rings. The number of ether oxygens (including phenoxy) is 3. The molecule has 6 heteroatoms. The van der Waals surface area contributed by atoms with Crippen molar-refractivity contribution < 1.29 is 23.7 Å². The number of carbonyl (C=O) groups excluding carboxylic acids is 1. The van der Waals surface area contributed by atoms with E-state index in [9.17, 15) is 10.0 Å². The summed E-state index contributed by atoms with van der Waals surface area (Å²) in [6.45, 7) is 0. The number of fused-ring (bicyclic) bond motifs is 1. The summed E-state index contributed by atoms with van der Waals surface area (Å²) in [5, 5.41) is 12.5. The Kier molecular flexibility index (Phi) is 3.65. The molecule has 0 amide bonds. The molecule has 0 unspecified atom stereocenters. The Labute approximate surface area is 133 Å². The van der Waals surface area contributed by atoms with E-state index in [2.05, 4.69) is 0 Å². The van der Waals surface area contributed by atoms with Crippen LogP contribution in [0.5, 0.6) is 17.2 Å². The first-order valence-electron chi connectivity index (χ1n) is 6.89. The van der Waals surface area contributed by atoms with E-state index in [4.69, 9.17) is 14.2 Å². The van der Waals surface area contributed by atoms with E-state index < -0.39 is 0 Å². The number of hydrogen-bond acceptors (Lipinski definition) is 5. The monoisotopic (exact) mass is 313 g/mol. The summed E-state index contributed by atoms with van der Waals surface area (Å²) in [5.74, 6) is 1.17. The van der Waals surface area contributed by atoms with E-state index in [1.807, 2.05) is 0 Å². The molecular weight excluding hydrogens is 298 g/mol. The van der Waals surface area contributed by atoms with Gasteiger partial charge >= 0.3 is 0 Å². The summed E-state index contributed by atoms with van der Waals surface area (Å²) in [6, 6.07) is 9.71. The normalized spacial score (nSPS) is 13.1. The fourth-order valence-corrected chi connectivity index (χ4v) is 2.53. The molecule has 23 heavy (non-hydrogen) atoms. The van der Waals surface area contributed by atoms with Crippen molar-refractivity contribution in [2.45, 2.75) is 0 Å². The minimum Gasteiger partial charge on any atom is -0.618 e. The average Bonchev–Trinajstić information content (AvgIpc) is 2.84. The summed E-state index contributed by atoms with van der Waals surface area (Å²) in [5.41, 5.74) is 1.09. The Balaban J connectivity index is 2.14. The van der Waals surface area contributed by atoms with Crippen LogP contribution in [0.3, 0.4) is 0 Å². The number of rotatable bonds is 4. The van der Waals surface area contributed by atoms with E-state index in [0.717, 1.165) is 0 Å². The molecule has 0 saturated heterocycles. The van der Waals surface area contributed by atoms with E-state index in [-0.39, 0.29) is 11.5 Å². The Morgan fingerprint density at radius 3 is 2.04 bits per heavy atom. The zero-order valence-electron chi connectivity index (χ0n) is 13.0. The molecule has 0 aliphatic carbocycles. The van der Waals surface area contributed by atoms with Crippen LogP contribution < -0.4 is 14.2 Å². The minimum absolute atomic E-state index is 0.0328. The molecule has 6 nitrogen and oxygen atoms in total. The Bertz CT molecular complexity index is 803. The van der Waals surface area contributed by atoms with Crippen molar-refractivity contribution in [3.63, 3.8) is 0 Å². The van der Waals surface area contributed by atoms with Crippen molar-refractivity contribution in [3.8, 4) is 17.2 Å². The molecule has 0 radical (unpaired) electrons. The van der Waals surface area contributed by atoms with E-state index >= 15 is 0 Å². The lowest BCUT2D eigenvalue weighted by Crippen LogP contribution is -2.16. The lowest BCUT2D eigenvalue weighted by molar-refractivity contribution is -0.355. The van der Waals surface area contributed by atoms with Gasteiger partial charge in [0.05, 0.1) is 26.9 Å². The Morgan fingerprint density at radius 1 is 0.870 bits per heavy atom. The quantitative estimate of drug-likeness (QED) is 0.641. The van der Waals surface area contributed by atoms with Crippen LogP contribution in [0.1, 0.15) is 15.9 Å². The van der Waals surface area contributed by atoms with Gasteiger partial charge in [0.15, 0.2) is 0 Å². The third-order valence-corrected chi connectivity index (χ3v) is 3.71. The summed E-state index contributed by atoms with van der Waals surface area (Å²) in [6.07, 6.45) is 0. The highest BCUT2D eigenvalue weighted by atomic mass is 16.5. The van der Waals surface area contributed by atoms with Gasteiger partial charge in [0, 0.05) is 12.1 Å². The number of carbonyl (C=O) groups is 1. The van der Waals surface area contributed by atoms with Gasteiger partial charge in [-0.1, -0.05) is 0 Å².